The maximum absolute atomic E-state index is 14.6. The molecule has 3 aliphatic carbocycles. The molecular formula is C61H79N9O8. The Hall–Kier alpha value is -7.11. The molecule has 8 rings (SSSR count). The number of likely N-dealkylation sites (N-methyl/N-ethyl adjacent to an activating group) is 2. The Labute approximate surface area is 459 Å². The molecule has 0 bridgehead atoms. The van der Waals surface area contributed by atoms with Crippen molar-refractivity contribution in [1.82, 2.24) is 47.2 Å². The number of nitrogens with zero attached hydrogens (tertiary/aromatic N) is 2. The van der Waals surface area contributed by atoms with E-state index >= 15 is 0 Å². The molecule has 1 saturated heterocycles. The molecular weight excluding hydrogens is 987 g/mol. The number of likely N-dealkylation sites (tertiary alicyclic amines) is 1. The molecule has 7 N–H and O–H groups in total. The van der Waals surface area contributed by atoms with Gasteiger partial charge in [0.2, 0.25) is 29.5 Å². The van der Waals surface area contributed by atoms with E-state index in [0.29, 0.717) is 24.2 Å². The predicted octanol–water partition coefficient (Wildman–Crippen LogP) is 5.88. The van der Waals surface area contributed by atoms with Gasteiger partial charge in [-0.15, -0.1) is 0 Å². The van der Waals surface area contributed by atoms with Gasteiger partial charge in [0.25, 0.3) is 11.8 Å². The number of hydrogen-bond acceptors (Lipinski definition) is 10. The number of amides is 7. The van der Waals surface area contributed by atoms with Crippen molar-refractivity contribution in [2.75, 3.05) is 20.6 Å². The largest absolute Gasteiger partial charge is 0.489 e. The lowest BCUT2D eigenvalue weighted by molar-refractivity contribution is -0.148. The van der Waals surface area contributed by atoms with Crippen molar-refractivity contribution in [3.05, 3.63) is 136 Å². The van der Waals surface area contributed by atoms with Gasteiger partial charge >= 0.3 is 0 Å². The highest BCUT2D eigenvalue weighted by Crippen LogP contribution is 2.37. The zero-order valence-electron chi connectivity index (χ0n) is 46.3. The summed E-state index contributed by atoms with van der Waals surface area (Å²) in [5.41, 5.74) is 8.72. The number of hydrogen-bond donors (Lipinski definition) is 7. The van der Waals surface area contributed by atoms with E-state index in [9.17, 15) is 33.6 Å². The van der Waals surface area contributed by atoms with E-state index in [2.05, 4.69) is 55.5 Å². The van der Waals surface area contributed by atoms with Crippen LogP contribution in [0.15, 0.2) is 97.1 Å². The topological polar surface area (TPSA) is 219 Å². The fraction of sp³-hybridized carbons (Fsp3) is 0.492. The van der Waals surface area contributed by atoms with Crippen LogP contribution in [0.5, 0.6) is 5.75 Å². The molecule has 1 aliphatic heterocycles. The molecule has 17 nitrogen and oxygen atoms in total. The van der Waals surface area contributed by atoms with Gasteiger partial charge in [-0.3, -0.25) is 39.0 Å². The number of fused-ring (bicyclic) bond motifs is 2. The van der Waals surface area contributed by atoms with Gasteiger partial charge < -0.3 is 41.5 Å². The van der Waals surface area contributed by atoms with E-state index < -0.39 is 53.4 Å². The second kappa shape index (κ2) is 25.6. The predicted molar refractivity (Wildman–Crippen MR) is 297 cm³/mol. The molecule has 1 heterocycles. The van der Waals surface area contributed by atoms with E-state index in [4.69, 9.17) is 4.74 Å². The normalized spacial score (nSPS) is 21.9. The van der Waals surface area contributed by atoms with E-state index in [1.807, 2.05) is 63.2 Å². The second-order valence-corrected chi connectivity index (χ2v) is 22.7. The van der Waals surface area contributed by atoms with Gasteiger partial charge in [-0.25, -0.2) is 5.01 Å². The van der Waals surface area contributed by atoms with E-state index in [1.165, 1.54) is 21.0 Å². The van der Waals surface area contributed by atoms with Crippen molar-refractivity contribution >= 4 is 41.4 Å². The minimum atomic E-state index is -0.941. The highest BCUT2D eigenvalue weighted by atomic mass is 16.5. The first-order valence-electron chi connectivity index (χ1n) is 27.9. The molecule has 4 unspecified atom stereocenters. The third kappa shape index (κ3) is 13.8. The van der Waals surface area contributed by atoms with E-state index in [1.54, 1.807) is 64.3 Å². The van der Waals surface area contributed by atoms with Crippen LogP contribution in [-0.2, 0) is 54.8 Å². The molecule has 0 radical (unpaired) electrons. The Morgan fingerprint density at radius 1 is 0.654 bits per heavy atom. The van der Waals surface area contributed by atoms with Crippen LogP contribution in [0, 0.1) is 17.3 Å². The summed E-state index contributed by atoms with van der Waals surface area (Å²) in [6.07, 6.45) is 7.47. The number of carbonyl (C=O) groups excluding carboxylic acids is 7. The first-order chi connectivity index (χ1) is 37.4. The molecule has 17 heteroatoms. The summed E-state index contributed by atoms with van der Waals surface area (Å²) in [6, 6.07) is 26.7. The molecule has 7 amide bonds. The van der Waals surface area contributed by atoms with Crippen molar-refractivity contribution in [2.24, 2.45) is 17.3 Å². The van der Waals surface area contributed by atoms with Crippen molar-refractivity contribution in [3.8, 4) is 5.75 Å². The minimum Gasteiger partial charge on any atom is -0.489 e. The molecule has 0 aromatic heterocycles. The molecule has 1 saturated carbocycles. The summed E-state index contributed by atoms with van der Waals surface area (Å²) in [4.78, 5) is 98.9. The van der Waals surface area contributed by atoms with Crippen LogP contribution in [0.1, 0.15) is 142 Å². The smallest absolute Gasteiger partial charge is 0.255 e. The van der Waals surface area contributed by atoms with Gasteiger partial charge in [0, 0.05) is 24.1 Å². The Morgan fingerprint density at radius 2 is 1.22 bits per heavy atom. The number of benzene rings is 4. The van der Waals surface area contributed by atoms with Crippen molar-refractivity contribution in [1.29, 1.82) is 0 Å². The fourth-order valence-electron chi connectivity index (χ4n) is 11.4. The quantitative estimate of drug-likeness (QED) is 0.0588. The van der Waals surface area contributed by atoms with Gasteiger partial charge in [0.05, 0.1) is 36.6 Å². The Kier molecular flexibility index (Phi) is 18.7. The molecule has 2 fully saturated rings. The van der Waals surface area contributed by atoms with Crippen molar-refractivity contribution in [2.45, 2.75) is 154 Å². The van der Waals surface area contributed by atoms with Gasteiger partial charge in [0.1, 0.15) is 24.4 Å². The average molecular weight is 1070 g/mol. The lowest BCUT2D eigenvalue weighted by Gasteiger charge is -2.36. The van der Waals surface area contributed by atoms with Gasteiger partial charge in [-0.1, -0.05) is 100.0 Å². The Morgan fingerprint density at radius 3 is 1.82 bits per heavy atom. The van der Waals surface area contributed by atoms with Crippen LogP contribution < -0.4 is 42.1 Å². The lowest BCUT2D eigenvalue weighted by Crippen LogP contribution is -2.59. The van der Waals surface area contributed by atoms with E-state index in [-0.39, 0.29) is 73.6 Å². The number of carbonyl (C=O) groups is 7. The summed E-state index contributed by atoms with van der Waals surface area (Å²) in [5, 5.41) is 19.7. The van der Waals surface area contributed by atoms with Crippen LogP contribution in [-0.4, -0.2) is 102 Å². The molecule has 9 atom stereocenters. The Balaban J connectivity index is 0.886. The summed E-state index contributed by atoms with van der Waals surface area (Å²) >= 11 is 0. The maximum atomic E-state index is 14.6. The molecule has 4 aromatic carbocycles. The summed E-state index contributed by atoms with van der Waals surface area (Å²) in [6.45, 7) is 9.39. The third-order valence-electron chi connectivity index (χ3n) is 16.2. The maximum Gasteiger partial charge on any atom is 0.255 e. The second-order valence-electron chi connectivity index (χ2n) is 22.7. The van der Waals surface area contributed by atoms with Crippen molar-refractivity contribution in [3.63, 3.8) is 0 Å². The molecule has 416 valence electrons. The van der Waals surface area contributed by atoms with E-state index in [0.717, 1.165) is 67.2 Å². The standard InChI is InChI=1S/C61H79N9O8/c1-37(62-6)54(71)67-53(61(3,4)5)60(77)69-35-44(33-52(69)58(75)66-51-24-13-18-42-16-9-11-20-47(42)51)64-56(73)43-29-25-40(26-30-43)36-78-45-31-27-39(28-32-45)34-70(68-55(72)38(2)63-7)59(76)49-22-14-21-48(49)57(74)65-50-23-12-17-41-15-8-10-19-46(41)50/h8-11,15-16,19-20,25-32,37-38,44,48-53,62-63H,12-14,17-18,21-24,33-36H2,1-7H3,(H,64,73)(H,65,74)(H,66,75)(H,67,71)(H,68,72)/t37?,38?,44-,48+,49-,50+,51+,52?,53?/m0/s1. The zero-order valence-corrected chi connectivity index (χ0v) is 46.3. The molecule has 0 spiro atoms. The number of rotatable bonds is 18. The highest BCUT2D eigenvalue weighted by Gasteiger charge is 2.46. The third-order valence-corrected chi connectivity index (χ3v) is 16.2. The van der Waals surface area contributed by atoms with Crippen LogP contribution in [0.2, 0.25) is 0 Å². The van der Waals surface area contributed by atoms with Crippen LogP contribution in [0.25, 0.3) is 0 Å². The molecule has 78 heavy (non-hydrogen) atoms. The van der Waals surface area contributed by atoms with Crippen molar-refractivity contribution < 1.29 is 38.3 Å². The summed E-state index contributed by atoms with van der Waals surface area (Å²) < 4.78 is 6.14. The monoisotopic (exact) mass is 1070 g/mol. The summed E-state index contributed by atoms with van der Waals surface area (Å²) in [5.74, 6) is -2.72. The first-order valence-corrected chi connectivity index (χ1v) is 27.9. The van der Waals surface area contributed by atoms with Crippen LogP contribution in [0.3, 0.4) is 0 Å². The number of hydrazine groups is 1. The minimum absolute atomic E-state index is 0.0768. The molecule has 4 aromatic rings. The van der Waals surface area contributed by atoms with Crippen LogP contribution >= 0.6 is 0 Å². The van der Waals surface area contributed by atoms with Gasteiger partial charge in [0.15, 0.2) is 0 Å². The summed E-state index contributed by atoms with van der Waals surface area (Å²) in [7, 11) is 3.35. The fourth-order valence-corrected chi connectivity index (χ4v) is 11.4. The highest BCUT2D eigenvalue weighted by molar-refractivity contribution is 5.96. The lowest BCUT2D eigenvalue weighted by atomic mass is 9.85. The first kappa shape index (κ1) is 57.1. The Bertz CT molecular complexity index is 2800. The number of aryl methyl sites for hydroxylation is 2. The van der Waals surface area contributed by atoms with Gasteiger partial charge in [-0.05, 0) is 149 Å². The van der Waals surface area contributed by atoms with Crippen LogP contribution in [0.4, 0.5) is 0 Å². The molecule has 4 aliphatic rings. The average Bonchev–Trinajstić information content (AvgIpc) is 4.12. The van der Waals surface area contributed by atoms with Gasteiger partial charge in [-0.2, -0.15) is 0 Å². The number of nitrogens with one attached hydrogen (secondary N) is 7. The zero-order chi connectivity index (χ0) is 55.7. The SMILES string of the molecule is CNC(C)C(=O)NC(C(=O)N1C[C@@H](NC(=O)c2ccc(COc3ccc(CN(NC(=O)C(C)NC)C(=O)[C@H]4CCC[C@H]4C(=O)N[C@@H]4CCCc5ccccc54)cc3)cc2)CC1C(=O)N[C@@H]1CCCc2ccccc21)C(C)(C)C. The number of ether oxygens (including phenoxy) is 1.